The Bertz CT molecular complexity index is 779. The molecule has 6 heteroatoms. The van der Waals surface area contributed by atoms with Gasteiger partial charge in [-0.2, -0.15) is 0 Å². The Labute approximate surface area is 117 Å². The first-order valence-corrected chi connectivity index (χ1v) is 7.54. The number of anilines is 1. The van der Waals surface area contributed by atoms with Crippen LogP contribution in [0.15, 0.2) is 45.4 Å². The summed E-state index contributed by atoms with van der Waals surface area (Å²) in [4.78, 5) is 20.1. The van der Waals surface area contributed by atoms with Gasteiger partial charge in [-0.1, -0.05) is 12.1 Å². The van der Waals surface area contributed by atoms with Gasteiger partial charge in [0.15, 0.2) is 0 Å². The number of aromatic amines is 1. The molecular formula is C13H11N3OS2. The third kappa shape index (κ3) is 2.50. The zero-order valence-electron chi connectivity index (χ0n) is 9.92. The zero-order valence-corrected chi connectivity index (χ0v) is 11.6. The van der Waals surface area contributed by atoms with Crippen LogP contribution < -0.4 is 11.3 Å². The van der Waals surface area contributed by atoms with E-state index in [0.717, 1.165) is 16.1 Å². The van der Waals surface area contributed by atoms with Crippen LogP contribution in [0, 0.1) is 0 Å². The highest BCUT2D eigenvalue weighted by atomic mass is 32.2. The van der Waals surface area contributed by atoms with Crippen molar-refractivity contribution in [3.05, 3.63) is 51.9 Å². The van der Waals surface area contributed by atoms with Gasteiger partial charge in [-0.25, -0.2) is 4.98 Å². The third-order valence-electron chi connectivity index (χ3n) is 2.65. The van der Waals surface area contributed by atoms with E-state index in [4.69, 9.17) is 5.73 Å². The summed E-state index contributed by atoms with van der Waals surface area (Å²) < 4.78 is 0.674. The fourth-order valence-corrected chi connectivity index (χ4v) is 3.31. The predicted octanol–water partition coefficient (Wildman–Crippen LogP) is 2.86. The SMILES string of the molecule is Nc1ccccc1SCc1nc2ccsc2c(=O)[nH]1. The zero-order chi connectivity index (χ0) is 13.2. The van der Waals surface area contributed by atoms with Crippen molar-refractivity contribution in [2.24, 2.45) is 0 Å². The molecule has 0 amide bonds. The standard InChI is InChI=1S/C13H11N3OS2/c14-8-3-1-2-4-10(8)19-7-11-15-9-5-6-18-12(9)13(17)16-11/h1-6H,7,14H2,(H,15,16,17). The summed E-state index contributed by atoms with van der Waals surface area (Å²) in [5, 5.41) is 1.87. The summed E-state index contributed by atoms with van der Waals surface area (Å²) in [6.07, 6.45) is 0. The summed E-state index contributed by atoms with van der Waals surface area (Å²) in [5.74, 6) is 1.26. The highest BCUT2D eigenvalue weighted by Crippen LogP contribution is 2.26. The van der Waals surface area contributed by atoms with E-state index in [1.165, 1.54) is 11.3 Å². The first-order valence-electron chi connectivity index (χ1n) is 5.68. The summed E-state index contributed by atoms with van der Waals surface area (Å²) in [6, 6.07) is 9.52. The number of thiophene rings is 1. The van der Waals surface area contributed by atoms with Crippen LogP contribution in [-0.2, 0) is 5.75 Å². The Morgan fingerprint density at radius 1 is 1.32 bits per heavy atom. The van der Waals surface area contributed by atoms with Gasteiger partial charge >= 0.3 is 0 Å². The second-order valence-electron chi connectivity index (χ2n) is 3.97. The molecule has 0 aliphatic carbocycles. The summed E-state index contributed by atoms with van der Waals surface area (Å²) in [6.45, 7) is 0. The molecule has 0 saturated heterocycles. The molecule has 1 aromatic carbocycles. The van der Waals surface area contributed by atoms with E-state index >= 15 is 0 Å². The van der Waals surface area contributed by atoms with E-state index in [1.807, 2.05) is 35.7 Å². The van der Waals surface area contributed by atoms with Gasteiger partial charge in [-0.05, 0) is 23.6 Å². The van der Waals surface area contributed by atoms with Crippen molar-refractivity contribution in [3.8, 4) is 0 Å². The number of para-hydroxylation sites is 1. The highest BCUT2D eigenvalue weighted by Gasteiger charge is 2.06. The number of nitrogen functional groups attached to an aromatic ring is 1. The Morgan fingerprint density at radius 3 is 3.00 bits per heavy atom. The average molecular weight is 289 g/mol. The maximum atomic E-state index is 11.8. The molecule has 3 aromatic rings. The van der Waals surface area contributed by atoms with Crippen molar-refractivity contribution < 1.29 is 0 Å². The smallest absolute Gasteiger partial charge is 0.268 e. The molecular weight excluding hydrogens is 278 g/mol. The number of benzene rings is 1. The van der Waals surface area contributed by atoms with E-state index in [9.17, 15) is 4.79 Å². The quantitative estimate of drug-likeness (QED) is 0.574. The number of nitrogens with one attached hydrogen (secondary N) is 1. The maximum absolute atomic E-state index is 11.8. The van der Waals surface area contributed by atoms with Crippen molar-refractivity contribution in [2.45, 2.75) is 10.6 Å². The molecule has 19 heavy (non-hydrogen) atoms. The van der Waals surface area contributed by atoms with Gasteiger partial charge in [0.2, 0.25) is 0 Å². The minimum atomic E-state index is -0.0726. The van der Waals surface area contributed by atoms with Crippen molar-refractivity contribution >= 4 is 39.0 Å². The van der Waals surface area contributed by atoms with Gasteiger partial charge in [0.1, 0.15) is 10.5 Å². The van der Waals surface area contributed by atoms with E-state index in [1.54, 1.807) is 11.8 Å². The van der Waals surface area contributed by atoms with Gasteiger partial charge in [-0.15, -0.1) is 23.1 Å². The lowest BCUT2D eigenvalue weighted by Gasteiger charge is -2.04. The first-order chi connectivity index (χ1) is 9.24. The summed E-state index contributed by atoms with van der Waals surface area (Å²) >= 11 is 2.97. The second kappa shape index (κ2) is 5.07. The number of nitrogens with two attached hydrogens (primary N) is 1. The molecule has 3 rings (SSSR count). The molecule has 0 fully saturated rings. The average Bonchev–Trinajstić information content (AvgIpc) is 2.87. The second-order valence-corrected chi connectivity index (χ2v) is 5.91. The van der Waals surface area contributed by atoms with Gasteiger partial charge in [0.05, 0.1) is 11.3 Å². The molecule has 4 nitrogen and oxygen atoms in total. The summed E-state index contributed by atoms with van der Waals surface area (Å²) in [7, 11) is 0. The highest BCUT2D eigenvalue weighted by molar-refractivity contribution is 7.98. The van der Waals surface area contributed by atoms with Crippen LogP contribution in [0.3, 0.4) is 0 Å². The number of fused-ring (bicyclic) bond motifs is 1. The molecule has 0 aliphatic heterocycles. The van der Waals surface area contributed by atoms with Crippen molar-refractivity contribution in [1.29, 1.82) is 0 Å². The Balaban J connectivity index is 1.86. The topological polar surface area (TPSA) is 71.8 Å². The molecule has 0 unspecified atom stereocenters. The minimum absolute atomic E-state index is 0.0726. The van der Waals surface area contributed by atoms with Gasteiger partial charge in [0, 0.05) is 10.6 Å². The molecule has 96 valence electrons. The van der Waals surface area contributed by atoms with Crippen LogP contribution in [-0.4, -0.2) is 9.97 Å². The van der Waals surface area contributed by atoms with E-state index in [0.29, 0.717) is 16.3 Å². The number of nitrogens with zero attached hydrogens (tertiary/aromatic N) is 1. The normalized spacial score (nSPS) is 10.9. The molecule has 2 aromatic heterocycles. The lowest BCUT2D eigenvalue weighted by Crippen LogP contribution is -2.09. The Morgan fingerprint density at radius 2 is 2.16 bits per heavy atom. The van der Waals surface area contributed by atoms with Crippen LogP contribution >= 0.6 is 23.1 Å². The van der Waals surface area contributed by atoms with Gasteiger partial charge < -0.3 is 10.7 Å². The third-order valence-corrected chi connectivity index (χ3v) is 4.65. The van der Waals surface area contributed by atoms with Crippen LogP contribution in [0.5, 0.6) is 0 Å². The molecule has 0 atom stereocenters. The number of hydrogen-bond donors (Lipinski definition) is 2. The number of aromatic nitrogens is 2. The fourth-order valence-electron chi connectivity index (χ4n) is 1.75. The van der Waals surface area contributed by atoms with Gasteiger partial charge in [0.25, 0.3) is 5.56 Å². The van der Waals surface area contributed by atoms with E-state index in [-0.39, 0.29) is 5.56 Å². The first kappa shape index (κ1) is 12.3. The van der Waals surface area contributed by atoms with E-state index in [2.05, 4.69) is 9.97 Å². The largest absolute Gasteiger partial charge is 0.398 e. The monoisotopic (exact) mass is 289 g/mol. The Hall–Kier alpha value is -1.79. The predicted molar refractivity (Wildman–Crippen MR) is 80.7 cm³/mol. The van der Waals surface area contributed by atoms with Crippen molar-refractivity contribution in [2.75, 3.05) is 5.73 Å². The lowest BCUT2D eigenvalue weighted by atomic mass is 10.3. The molecule has 0 aliphatic rings. The number of thioether (sulfide) groups is 1. The molecule has 3 N–H and O–H groups in total. The molecule has 2 heterocycles. The number of rotatable bonds is 3. The summed E-state index contributed by atoms with van der Waals surface area (Å²) in [5.41, 5.74) is 7.30. The van der Waals surface area contributed by atoms with Crippen LogP contribution in [0.25, 0.3) is 10.2 Å². The van der Waals surface area contributed by atoms with Crippen molar-refractivity contribution in [3.63, 3.8) is 0 Å². The maximum Gasteiger partial charge on any atom is 0.268 e. The molecule has 0 radical (unpaired) electrons. The minimum Gasteiger partial charge on any atom is -0.398 e. The van der Waals surface area contributed by atoms with E-state index < -0.39 is 0 Å². The fraction of sp³-hybridized carbons (Fsp3) is 0.0769. The lowest BCUT2D eigenvalue weighted by molar-refractivity contribution is 1.04. The van der Waals surface area contributed by atoms with Gasteiger partial charge in [-0.3, -0.25) is 4.79 Å². The molecule has 0 bridgehead atoms. The van der Waals surface area contributed by atoms with Crippen LogP contribution in [0.2, 0.25) is 0 Å². The Kier molecular flexibility index (Phi) is 3.27. The van der Waals surface area contributed by atoms with Crippen LogP contribution in [0.1, 0.15) is 5.82 Å². The molecule has 0 spiro atoms. The number of H-pyrrole nitrogens is 1. The van der Waals surface area contributed by atoms with Crippen LogP contribution in [0.4, 0.5) is 5.69 Å². The number of hydrogen-bond acceptors (Lipinski definition) is 5. The molecule has 0 saturated carbocycles. The van der Waals surface area contributed by atoms with Crippen molar-refractivity contribution in [1.82, 2.24) is 9.97 Å².